The lowest BCUT2D eigenvalue weighted by molar-refractivity contribution is -0.135. The largest absolute Gasteiger partial charge is 0.508 e. The molecule has 0 saturated heterocycles. The number of carbonyl (C=O) groups is 1. The van der Waals surface area contributed by atoms with Crippen molar-refractivity contribution in [2.75, 3.05) is 0 Å². The van der Waals surface area contributed by atoms with Gasteiger partial charge in [-0.3, -0.25) is 4.79 Å². The van der Waals surface area contributed by atoms with Crippen molar-refractivity contribution in [1.82, 2.24) is 0 Å². The second-order valence-electron chi connectivity index (χ2n) is 4.87. The fraction of sp³-hybridized carbons (Fsp3) is 0.188. The highest BCUT2D eigenvalue weighted by atomic mass is 16.5. The Hall–Kier alpha value is -2.49. The molecule has 0 amide bonds. The smallest absolute Gasteiger partial charge is 0.307 e. The predicted molar refractivity (Wildman–Crippen MR) is 74.4 cm³/mol. The number of benzene rings is 1. The molecule has 20 heavy (non-hydrogen) atoms. The standard InChI is InChI=1S/C16H14O4/c17-12-6-5-10-7-11(8-16(18)19)13-3-1-2-4-14(13)20-15(10)9-12/h1-7,9-10,15,17H,8H2,(H,18,19). The maximum atomic E-state index is 11.1. The van der Waals surface area contributed by atoms with Crippen LogP contribution in [0, 0.1) is 5.92 Å². The van der Waals surface area contributed by atoms with Gasteiger partial charge in [0.25, 0.3) is 0 Å². The second kappa shape index (κ2) is 4.89. The highest BCUT2D eigenvalue weighted by Gasteiger charge is 2.27. The Morgan fingerprint density at radius 1 is 1.25 bits per heavy atom. The van der Waals surface area contributed by atoms with Crippen LogP contribution in [0.4, 0.5) is 0 Å². The Morgan fingerprint density at radius 2 is 2.05 bits per heavy atom. The van der Waals surface area contributed by atoms with E-state index in [1.165, 1.54) is 0 Å². The van der Waals surface area contributed by atoms with Crippen molar-refractivity contribution >= 4 is 11.5 Å². The molecule has 1 aromatic rings. The van der Waals surface area contributed by atoms with Gasteiger partial charge in [-0.15, -0.1) is 0 Å². The minimum Gasteiger partial charge on any atom is -0.508 e. The predicted octanol–water partition coefficient (Wildman–Crippen LogP) is 2.93. The van der Waals surface area contributed by atoms with Gasteiger partial charge in [-0.1, -0.05) is 30.4 Å². The Kier molecular flexibility index (Phi) is 3.06. The summed E-state index contributed by atoms with van der Waals surface area (Å²) in [7, 11) is 0. The molecule has 0 bridgehead atoms. The Labute approximate surface area is 116 Å². The summed E-state index contributed by atoms with van der Waals surface area (Å²) < 4.78 is 5.91. The van der Waals surface area contributed by atoms with E-state index in [1.54, 1.807) is 12.2 Å². The van der Waals surface area contributed by atoms with Gasteiger partial charge in [0.15, 0.2) is 0 Å². The summed E-state index contributed by atoms with van der Waals surface area (Å²) in [5.74, 6) is -0.138. The highest BCUT2D eigenvalue weighted by Crippen LogP contribution is 2.36. The lowest BCUT2D eigenvalue weighted by atomic mass is 9.92. The van der Waals surface area contributed by atoms with Gasteiger partial charge >= 0.3 is 5.97 Å². The average molecular weight is 270 g/mol. The van der Waals surface area contributed by atoms with Crippen LogP contribution in [-0.4, -0.2) is 22.3 Å². The van der Waals surface area contributed by atoms with Gasteiger partial charge < -0.3 is 14.9 Å². The first-order chi connectivity index (χ1) is 9.63. The first-order valence-corrected chi connectivity index (χ1v) is 6.41. The van der Waals surface area contributed by atoms with E-state index in [0.717, 1.165) is 11.1 Å². The third-order valence-corrected chi connectivity index (χ3v) is 3.43. The van der Waals surface area contributed by atoms with Gasteiger partial charge in [0.2, 0.25) is 0 Å². The number of fused-ring (bicyclic) bond motifs is 2. The number of rotatable bonds is 2. The van der Waals surface area contributed by atoms with E-state index in [4.69, 9.17) is 9.84 Å². The molecule has 2 unspecified atom stereocenters. The lowest BCUT2D eigenvalue weighted by Gasteiger charge is -2.22. The van der Waals surface area contributed by atoms with Crippen LogP contribution in [0.1, 0.15) is 12.0 Å². The van der Waals surface area contributed by atoms with Gasteiger partial charge in [0.1, 0.15) is 17.6 Å². The van der Waals surface area contributed by atoms with Crippen LogP contribution in [-0.2, 0) is 4.79 Å². The molecule has 1 aromatic carbocycles. The van der Waals surface area contributed by atoms with Crippen molar-refractivity contribution in [1.29, 1.82) is 0 Å². The number of carboxylic acids is 1. The monoisotopic (exact) mass is 270 g/mol. The summed E-state index contributed by atoms with van der Waals surface area (Å²) in [5.41, 5.74) is 1.53. The Morgan fingerprint density at radius 3 is 2.85 bits per heavy atom. The molecule has 3 rings (SSSR count). The summed E-state index contributed by atoms with van der Waals surface area (Å²) in [5, 5.41) is 18.6. The molecule has 4 nitrogen and oxygen atoms in total. The third kappa shape index (κ3) is 2.32. The van der Waals surface area contributed by atoms with Crippen LogP contribution < -0.4 is 4.74 Å². The molecule has 0 aromatic heterocycles. The van der Waals surface area contributed by atoms with E-state index in [9.17, 15) is 9.90 Å². The van der Waals surface area contributed by atoms with Crippen LogP contribution in [0.2, 0.25) is 0 Å². The van der Waals surface area contributed by atoms with Crippen LogP contribution in [0.25, 0.3) is 5.57 Å². The van der Waals surface area contributed by atoms with Crippen molar-refractivity contribution in [2.24, 2.45) is 5.92 Å². The molecule has 1 heterocycles. The minimum absolute atomic E-state index is 0.0485. The Bertz CT molecular complexity index is 640. The number of ether oxygens (including phenoxy) is 1. The quantitative estimate of drug-likeness (QED) is 0.867. The number of aliphatic carboxylic acids is 1. The summed E-state index contributed by atoms with van der Waals surface area (Å²) in [6.45, 7) is 0. The number of aliphatic hydroxyl groups is 1. The molecule has 0 fully saturated rings. The zero-order valence-electron chi connectivity index (χ0n) is 10.7. The number of aliphatic hydroxyl groups excluding tert-OH is 1. The third-order valence-electron chi connectivity index (χ3n) is 3.43. The van der Waals surface area contributed by atoms with E-state index >= 15 is 0 Å². The SMILES string of the molecule is O=C(O)CC1=CC2C=CC(O)=CC2Oc2ccccc21. The first kappa shape index (κ1) is 12.5. The number of allylic oxidation sites excluding steroid dienone is 1. The van der Waals surface area contributed by atoms with Crippen LogP contribution in [0.15, 0.2) is 54.3 Å². The maximum Gasteiger partial charge on any atom is 0.307 e. The molecule has 0 radical (unpaired) electrons. The summed E-state index contributed by atoms with van der Waals surface area (Å²) >= 11 is 0. The van der Waals surface area contributed by atoms with E-state index in [1.807, 2.05) is 36.4 Å². The molecular weight excluding hydrogens is 256 g/mol. The fourth-order valence-electron chi connectivity index (χ4n) is 2.54. The van der Waals surface area contributed by atoms with Crippen LogP contribution in [0.5, 0.6) is 5.75 Å². The van der Waals surface area contributed by atoms with Crippen molar-refractivity contribution < 1.29 is 19.7 Å². The molecule has 2 N–H and O–H groups in total. The molecule has 1 aliphatic carbocycles. The molecule has 2 aliphatic rings. The molecule has 0 saturated carbocycles. The van der Waals surface area contributed by atoms with Crippen LogP contribution in [0.3, 0.4) is 0 Å². The molecule has 0 spiro atoms. The number of hydrogen-bond acceptors (Lipinski definition) is 3. The van der Waals surface area contributed by atoms with Crippen molar-refractivity contribution in [3.8, 4) is 5.75 Å². The number of para-hydroxylation sites is 1. The molecule has 2 atom stereocenters. The topological polar surface area (TPSA) is 66.8 Å². The summed E-state index contributed by atoms with van der Waals surface area (Å²) in [6, 6.07) is 7.38. The number of hydrogen-bond donors (Lipinski definition) is 2. The van der Waals surface area contributed by atoms with Crippen molar-refractivity contribution in [2.45, 2.75) is 12.5 Å². The van der Waals surface area contributed by atoms with Crippen LogP contribution >= 0.6 is 0 Å². The van der Waals surface area contributed by atoms with Crippen molar-refractivity contribution in [3.63, 3.8) is 0 Å². The average Bonchev–Trinajstić information content (AvgIpc) is 2.55. The Balaban J connectivity index is 2.08. The van der Waals surface area contributed by atoms with Gasteiger partial charge in [0.05, 0.1) is 6.42 Å². The number of carboxylic acid groups (broad SMARTS) is 1. The van der Waals surface area contributed by atoms with Crippen molar-refractivity contribution in [3.05, 3.63) is 59.9 Å². The molecule has 102 valence electrons. The molecule has 4 heteroatoms. The van der Waals surface area contributed by atoms with Gasteiger partial charge in [0, 0.05) is 11.5 Å². The summed E-state index contributed by atoms with van der Waals surface area (Å²) in [6.07, 6.45) is 6.62. The normalized spacial score (nSPS) is 23.6. The lowest BCUT2D eigenvalue weighted by Crippen LogP contribution is -2.24. The fourth-order valence-corrected chi connectivity index (χ4v) is 2.54. The molecule has 1 aliphatic heterocycles. The van der Waals surface area contributed by atoms with E-state index in [2.05, 4.69) is 0 Å². The van der Waals surface area contributed by atoms with Gasteiger partial charge in [-0.05, 0) is 23.8 Å². The molecular formula is C16H14O4. The maximum absolute atomic E-state index is 11.1. The van der Waals surface area contributed by atoms with Gasteiger partial charge in [-0.2, -0.15) is 0 Å². The van der Waals surface area contributed by atoms with Gasteiger partial charge in [-0.25, -0.2) is 0 Å². The van der Waals surface area contributed by atoms with E-state index < -0.39 is 5.97 Å². The van der Waals surface area contributed by atoms with E-state index in [0.29, 0.717) is 5.75 Å². The van der Waals surface area contributed by atoms with E-state index in [-0.39, 0.29) is 24.2 Å². The first-order valence-electron chi connectivity index (χ1n) is 6.41. The minimum atomic E-state index is -0.873. The summed E-state index contributed by atoms with van der Waals surface area (Å²) in [4.78, 5) is 11.1. The zero-order chi connectivity index (χ0) is 14.1. The highest BCUT2D eigenvalue weighted by molar-refractivity contribution is 5.86. The zero-order valence-corrected chi connectivity index (χ0v) is 10.7. The second-order valence-corrected chi connectivity index (χ2v) is 4.87.